The lowest BCUT2D eigenvalue weighted by Gasteiger charge is -2.45. The normalized spacial score (nSPS) is 15.5. The first-order chi connectivity index (χ1) is 12.4. The minimum absolute atomic E-state index is 0.139. The predicted molar refractivity (Wildman–Crippen MR) is 93.2 cm³/mol. The molecule has 3 unspecified atom stereocenters. The van der Waals surface area contributed by atoms with Crippen LogP contribution in [-0.4, -0.2) is 74.1 Å². The highest BCUT2D eigenvalue weighted by Gasteiger charge is 2.68. The van der Waals surface area contributed by atoms with E-state index in [0.717, 1.165) is 6.92 Å². The SMILES string of the molecule is CC(O)CO.CCOC(C(=O)O)(C(C(C)=O)C(=O)O)C(CC)(CC)C(=O)O. The Bertz CT molecular complexity index is 510. The van der Waals surface area contributed by atoms with Crippen LogP contribution >= 0.6 is 0 Å². The summed E-state index contributed by atoms with van der Waals surface area (Å²) in [5.74, 6) is -8.11. The maximum atomic E-state index is 11.9. The van der Waals surface area contributed by atoms with Gasteiger partial charge < -0.3 is 30.3 Å². The van der Waals surface area contributed by atoms with Gasteiger partial charge in [0, 0.05) is 6.61 Å². The zero-order chi connectivity index (χ0) is 22.0. The van der Waals surface area contributed by atoms with E-state index < -0.39 is 46.7 Å². The van der Waals surface area contributed by atoms with Crippen molar-refractivity contribution < 1.29 is 49.4 Å². The van der Waals surface area contributed by atoms with E-state index in [-0.39, 0.29) is 26.1 Å². The first-order valence-corrected chi connectivity index (χ1v) is 8.48. The van der Waals surface area contributed by atoms with Crippen LogP contribution in [-0.2, 0) is 23.9 Å². The number of ether oxygens (including phenoxy) is 1. The molecule has 0 aromatic rings. The molecule has 0 aliphatic carbocycles. The van der Waals surface area contributed by atoms with Gasteiger partial charge in [-0.05, 0) is 33.6 Å². The number of carbonyl (C=O) groups is 4. The Morgan fingerprint density at radius 1 is 0.963 bits per heavy atom. The van der Waals surface area contributed by atoms with Gasteiger partial charge in [0.05, 0.1) is 12.7 Å². The Morgan fingerprint density at radius 3 is 1.52 bits per heavy atom. The van der Waals surface area contributed by atoms with E-state index in [9.17, 15) is 34.5 Å². The fourth-order valence-electron chi connectivity index (χ4n) is 2.99. The zero-order valence-corrected chi connectivity index (χ0v) is 16.3. The van der Waals surface area contributed by atoms with Crippen molar-refractivity contribution in [2.24, 2.45) is 11.3 Å². The molecule has 0 amide bonds. The topological polar surface area (TPSA) is 179 Å². The van der Waals surface area contributed by atoms with Crippen molar-refractivity contribution in [2.75, 3.05) is 13.2 Å². The second-order valence-electron chi connectivity index (χ2n) is 5.98. The molecule has 0 aromatic heterocycles. The van der Waals surface area contributed by atoms with Crippen molar-refractivity contribution in [1.82, 2.24) is 0 Å². The minimum Gasteiger partial charge on any atom is -0.481 e. The van der Waals surface area contributed by atoms with Crippen LogP contribution in [0.4, 0.5) is 0 Å². The van der Waals surface area contributed by atoms with Crippen molar-refractivity contribution >= 4 is 23.7 Å². The fourth-order valence-corrected chi connectivity index (χ4v) is 2.99. The van der Waals surface area contributed by atoms with E-state index in [1.807, 2.05) is 0 Å². The average Bonchev–Trinajstić information content (AvgIpc) is 2.55. The number of aliphatic hydroxyl groups is 2. The minimum atomic E-state index is -2.69. The van der Waals surface area contributed by atoms with E-state index in [0.29, 0.717) is 0 Å². The maximum Gasteiger partial charge on any atom is 0.338 e. The molecule has 0 bridgehead atoms. The summed E-state index contributed by atoms with van der Waals surface area (Å²) in [6, 6.07) is 0. The molecule has 10 heteroatoms. The molecule has 0 spiro atoms. The van der Waals surface area contributed by atoms with Gasteiger partial charge in [0.25, 0.3) is 0 Å². The van der Waals surface area contributed by atoms with E-state index >= 15 is 0 Å². The third-order valence-corrected chi connectivity index (χ3v) is 4.34. The summed E-state index contributed by atoms with van der Waals surface area (Å²) in [6.45, 7) is 6.31. The Balaban J connectivity index is 0. The molecular formula is C17H30O10. The van der Waals surface area contributed by atoms with Gasteiger partial charge in [-0.2, -0.15) is 0 Å². The lowest BCUT2D eigenvalue weighted by Crippen LogP contribution is -2.66. The molecule has 158 valence electrons. The third-order valence-electron chi connectivity index (χ3n) is 4.34. The Labute approximate surface area is 157 Å². The van der Waals surface area contributed by atoms with Crippen LogP contribution in [0.2, 0.25) is 0 Å². The van der Waals surface area contributed by atoms with E-state index in [4.69, 9.17) is 14.9 Å². The molecular weight excluding hydrogens is 364 g/mol. The maximum absolute atomic E-state index is 11.9. The van der Waals surface area contributed by atoms with E-state index in [2.05, 4.69) is 0 Å². The number of carboxylic acids is 3. The van der Waals surface area contributed by atoms with Gasteiger partial charge in [-0.1, -0.05) is 13.8 Å². The molecule has 0 saturated heterocycles. The molecule has 0 fully saturated rings. The number of Topliss-reactive ketones (excluding diaryl/α,β-unsaturated/α-hetero) is 1. The highest BCUT2D eigenvalue weighted by atomic mass is 16.5. The second kappa shape index (κ2) is 11.6. The van der Waals surface area contributed by atoms with Gasteiger partial charge in [0.1, 0.15) is 11.2 Å². The number of aliphatic hydroxyl groups excluding tert-OH is 2. The van der Waals surface area contributed by atoms with E-state index in [1.165, 1.54) is 27.7 Å². The quantitative estimate of drug-likeness (QED) is 0.308. The smallest absolute Gasteiger partial charge is 0.338 e. The largest absolute Gasteiger partial charge is 0.481 e. The molecule has 0 saturated carbocycles. The first-order valence-electron chi connectivity index (χ1n) is 8.48. The highest BCUT2D eigenvalue weighted by Crippen LogP contribution is 2.47. The molecule has 10 nitrogen and oxygen atoms in total. The van der Waals surface area contributed by atoms with Crippen LogP contribution in [0.1, 0.15) is 47.5 Å². The molecule has 0 rings (SSSR count). The summed E-state index contributed by atoms with van der Waals surface area (Å²) in [6.07, 6.45) is -0.973. The lowest BCUT2D eigenvalue weighted by atomic mass is 9.61. The summed E-state index contributed by atoms with van der Waals surface area (Å²) in [5, 5.41) is 44.6. The first kappa shape index (κ1) is 27.2. The highest BCUT2D eigenvalue weighted by molar-refractivity contribution is 6.05. The fraction of sp³-hybridized carbons (Fsp3) is 0.765. The van der Waals surface area contributed by atoms with Gasteiger partial charge in [0.2, 0.25) is 5.60 Å². The molecule has 27 heavy (non-hydrogen) atoms. The Morgan fingerprint density at radius 2 is 1.37 bits per heavy atom. The molecule has 0 aliphatic heterocycles. The van der Waals surface area contributed by atoms with Gasteiger partial charge in [0.15, 0.2) is 5.92 Å². The summed E-state index contributed by atoms with van der Waals surface area (Å²) in [4.78, 5) is 47.0. The van der Waals surface area contributed by atoms with Crippen molar-refractivity contribution in [3.8, 4) is 0 Å². The van der Waals surface area contributed by atoms with Crippen LogP contribution in [0.15, 0.2) is 0 Å². The molecule has 3 atom stereocenters. The van der Waals surface area contributed by atoms with Crippen LogP contribution in [0.25, 0.3) is 0 Å². The summed E-state index contributed by atoms with van der Waals surface area (Å²) >= 11 is 0. The van der Waals surface area contributed by atoms with Crippen molar-refractivity contribution in [1.29, 1.82) is 0 Å². The zero-order valence-electron chi connectivity index (χ0n) is 16.3. The number of aliphatic carboxylic acids is 3. The molecule has 0 radical (unpaired) electrons. The van der Waals surface area contributed by atoms with Crippen molar-refractivity contribution in [2.45, 2.75) is 59.2 Å². The summed E-state index contributed by atoms with van der Waals surface area (Å²) < 4.78 is 5.20. The summed E-state index contributed by atoms with van der Waals surface area (Å²) in [7, 11) is 0. The Kier molecular flexibility index (Phi) is 11.7. The van der Waals surface area contributed by atoms with Crippen LogP contribution < -0.4 is 0 Å². The van der Waals surface area contributed by atoms with Gasteiger partial charge >= 0.3 is 17.9 Å². The monoisotopic (exact) mass is 394 g/mol. The number of hydrogen-bond donors (Lipinski definition) is 5. The summed E-state index contributed by atoms with van der Waals surface area (Å²) in [5.41, 5.74) is -4.74. The van der Waals surface area contributed by atoms with Gasteiger partial charge in [-0.25, -0.2) is 4.79 Å². The van der Waals surface area contributed by atoms with Gasteiger partial charge in [-0.3, -0.25) is 14.4 Å². The molecule has 0 heterocycles. The molecule has 0 aromatic carbocycles. The molecule has 0 aliphatic rings. The number of carboxylic acid groups (broad SMARTS) is 3. The van der Waals surface area contributed by atoms with E-state index in [1.54, 1.807) is 0 Å². The molecule has 5 N–H and O–H groups in total. The van der Waals surface area contributed by atoms with Crippen LogP contribution in [0.3, 0.4) is 0 Å². The Hall–Kier alpha value is -2.04. The van der Waals surface area contributed by atoms with Crippen molar-refractivity contribution in [3.63, 3.8) is 0 Å². The third kappa shape index (κ3) is 5.72. The second-order valence-corrected chi connectivity index (χ2v) is 5.98. The number of ketones is 1. The van der Waals surface area contributed by atoms with Gasteiger partial charge in [-0.15, -0.1) is 0 Å². The lowest BCUT2D eigenvalue weighted by molar-refractivity contribution is -0.216. The predicted octanol–water partition coefficient (Wildman–Crippen LogP) is 0.387. The van der Waals surface area contributed by atoms with Crippen LogP contribution in [0, 0.1) is 11.3 Å². The van der Waals surface area contributed by atoms with Crippen LogP contribution in [0.5, 0.6) is 0 Å². The standard InChI is InChI=1S/C14H22O8.C3H8O2/c1-5-13(6-2,11(18)19)14(12(20)21,22-7-3)9(8(4)15)10(16)17;1-3(5)2-4/h9H,5-7H2,1-4H3,(H,16,17)(H,18,19)(H,20,21);3-5H,2H2,1H3. The average molecular weight is 394 g/mol. The number of carbonyl (C=O) groups excluding carboxylic acids is 1. The van der Waals surface area contributed by atoms with Crippen molar-refractivity contribution in [3.05, 3.63) is 0 Å². The number of hydrogen-bond acceptors (Lipinski definition) is 7. The number of rotatable bonds is 11.